The van der Waals surface area contributed by atoms with Crippen molar-refractivity contribution in [1.82, 2.24) is 16.0 Å². The second-order valence-electron chi connectivity index (χ2n) is 10.5. The average Bonchev–Trinajstić information content (AvgIpc) is 2.91. The molecule has 0 saturated carbocycles. The fourth-order valence-electron chi connectivity index (χ4n) is 4.01. The fraction of sp³-hybridized carbons (Fsp3) is 0.448. The van der Waals surface area contributed by atoms with E-state index in [-0.39, 0.29) is 30.6 Å². The van der Waals surface area contributed by atoms with Gasteiger partial charge in [-0.2, -0.15) is 0 Å². The zero-order chi connectivity index (χ0) is 29.7. The van der Waals surface area contributed by atoms with Gasteiger partial charge in [-0.1, -0.05) is 70.2 Å². The highest BCUT2D eigenvalue weighted by Gasteiger charge is 2.29. The van der Waals surface area contributed by atoms with Crippen LogP contribution in [0.1, 0.15) is 51.7 Å². The highest BCUT2D eigenvalue weighted by molar-refractivity contribution is 5.92. The largest absolute Gasteiger partial charge is 0.445 e. The Bertz CT molecular complexity index is 1140. The summed E-state index contributed by atoms with van der Waals surface area (Å²) in [6, 6.07) is 12.0. The minimum atomic E-state index is -0.955. The second kappa shape index (κ2) is 16.0. The maximum atomic E-state index is 13.2. The Labute approximate surface area is 234 Å². The Morgan fingerprint density at radius 3 is 1.90 bits per heavy atom. The molecule has 0 aromatic heterocycles. The monoisotopic (exact) mass is 554 g/mol. The Morgan fingerprint density at radius 1 is 0.825 bits per heavy atom. The molecule has 0 spiro atoms. The maximum absolute atomic E-state index is 13.2. The molecular formula is C29H38N4O7. The van der Waals surface area contributed by atoms with Crippen LogP contribution in [0.3, 0.4) is 0 Å². The minimum absolute atomic E-state index is 0.0350. The van der Waals surface area contributed by atoms with Crippen LogP contribution in [0, 0.1) is 22.0 Å². The number of nitro groups is 1. The zero-order valence-corrected chi connectivity index (χ0v) is 23.3. The molecule has 11 nitrogen and oxygen atoms in total. The lowest BCUT2D eigenvalue weighted by Crippen LogP contribution is -2.55. The number of nitro benzene ring substituents is 1. The summed E-state index contributed by atoms with van der Waals surface area (Å²) in [7, 11) is 0. The van der Waals surface area contributed by atoms with Crippen molar-refractivity contribution in [1.29, 1.82) is 0 Å². The van der Waals surface area contributed by atoms with Gasteiger partial charge in [0.2, 0.25) is 11.8 Å². The van der Waals surface area contributed by atoms with Crippen LogP contribution in [0.15, 0.2) is 54.6 Å². The summed E-state index contributed by atoms with van der Waals surface area (Å²) in [6.45, 7) is 7.64. The Hall–Kier alpha value is -4.28. The number of aldehydes is 1. The zero-order valence-electron chi connectivity index (χ0n) is 23.3. The summed E-state index contributed by atoms with van der Waals surface area (Å²) in [5, 5.41) is 18.9. The van der Waals surface area contributed by atoms with Gasteiger partial charge in [-0.3, -0.25) is 19.7 Å². The van der Waals surface area contributed by atoms with Gasteiger partial charge in [-0.05, 0) is 42.2 Å². The van der Waals surface area contributed by atoms with Gasteiger partial charge in [-0.25, -0.2) is 4.79 Å². The number of carbonyl (C=O) groups excluding carboxylic acids is 4. The topological polar surface area (TPSA) is 157 Å². The number of carbonyl (C=O) groups is 4. The highest BCUT2D eigenvalue weighted by Crippen LogP contribution is 2.14. The normalized spacial score (nSPS) is 13.2. The molecule has 216 valence electrons. The summed E-state index contributed by atoms with van der Waals surface area (Å²) in [5.74, 6) is -0.989. The van der Waals surface area contributed by atoms with E-state index in [1.807, 2.05) is 58.0 Å². The molecule has 3 N–H and O–H groups in total. The number of benzene rings is 2. The van der Waals surface area contributed by atoms with Crippen molar-refractivity contribution in [3.63, 3.8) is 0 Å². The average molecular weight is 555 g/mol. The first kappa shape index (κ1) is 31.9. The summed E-state index contributed by atoms with van der Waals surface area (Å²) in [5.41, 5.74) is 1.35. The van der Waals surface area contributed by atoms with Gasteiger partial charge in [-0.15, -0.1) is 0 Å². The van der Waals surface area contributed by atoms with Gasteiger partial charge in [0.25, 0.3) is 5.69 Å². The Balaban J connectivity index is 2.05. The van der Waals surface area contributed by atoms with E-state index in [4.69, 9.17) is 4.74 Å². The molecule has 3 atom stereocenters. The fourth-order valence-corrected chi connectivity index (χ4v) is 4.01. The number of hydrogen-bond donors (Lipinski definition) is 3. The number of rotatable bonds is 15. The third-order valence-electron chi connectivity index (χ3n) is 5.96. The smallest absolute Gasteiger partial charge is 0.408 e. The molecule has 2 aromatic rings. The third kappa shape index (κ3) is 11.2. The van der Waals surface area contributed by atoms with Crippen LogP contribution in [0.25, 0.3) is 0 Å². The van der Waals surface area contributed by atoms with E-state index in [1.54, 1.807) is 0 Å². The molecule has 0 radical (unpaired) electrons. The summed E-state index contributed by atoms with van der Waals surface area (Å²) < 4.78 is 5.27. The third-order valence-corrected chi connectivity index (χ3v) is 5.96. The van der Waals surface area contributed by atoms with Crippen LogP contribution < -0.4 is 16.0 Å². The first-order valence-corrected chi connectivity index (χ1v) is 13.2. The number of ether oxygens (including phenoxy) is 1. The maximum Gasteiger partial charge on any atom is 0.408 e. The minimum Gasteiger partial charge on any atom is -0.445 e. The highest BCUT2D eigenvalue weighted by atomic mass is 16.6. The predicted molar refractivity (Wildman–Crippen MR) is 149 cm³/mol. The van der Waals surface area contributed by atoms with Gasteiger partial charge < -0.3 is 25.5 Å². The van der Waals surface area contributed by atoms with Crippen LogP contribution in [-0.4, -0.2) is 47.2 Å². The molecule has 0 heterocycles. The molecular weight excluding hydrogens is 516 g/mol. The van der Waals surface area contributed by atoms with E-state index >= 15 is 0 Å². The molecule has 2 aromatic carbocycles. The van der Waals surface area contributed by atoms with Crippen LogP contribution >= 0.6 is 0 Å². The quantitative estimate of drug-likeness (QED) is 0.172. The van der Waals surface area contributed by atoms with Crippen molar-refractivity contribution in [3.05, 3.63) is 75.8 Å². The SMILES string of the molecule is CC(C)CC(NC(=O)[C@H](CC(C)C)NC(=O)OCc1ccccc1)C(=O)N[C@H](C=O)Cc1ccc([N+](=O)[O-])cc1. The number of nitrogens with one attached hydrogen (secondary N) is 3. The number of non-ortho nitro benzene ring substituents is 1. The van der Waals surface area contributed by atoms with Crippen molar-refractivity contribution in [3.8, 4) is 0 Å². The molecule has 0 bridgehead atoms. The molecule has 2 rings (SSSR count). The van der Waals surface area contributed by atoms with Crippen molar-refractivity contribution in [2.75, 3.05) is 0 Å². The summed E-state index contributed by atoms with van der Waals surface area (Å²) >= 11 is 0. The Kier molecular flexibility index (Phi) is 12.7. The summed E-state index contributed by atoms with van der Waals surface area (Å²) in [4.78, 5) is 60.9. The van der Waals surface area contributed by atoms with E-state index in [0.29, 0.717) is 24.7 Å². The Morgan fingerprint density at radius 2 is 1.38 bits per heavy atom. The molecule has 11 heteroatoms. The van der Waals surface area contributed by atoms with Gasteiger partial charge in [0.15, 0.2) is 0 Å². The summed E-state index contributed by atoms with van der Waals surface area (Å²) in [6.07, 6.45) is 0.575. The van der Waals surface area contributed by atoms with Crippen molar-refractivity contribution in [2.24, 2.45) is 11.8 Å². The lowest BCUT2D eigenvalue weighted by Gasteiger charge is -2.26. The molecule has 0 fully saturated rings. The first-order valence-electron chi connectivity index (χ1n) is 13.2. The van der Waals surface area contributed by atoms with Gasteiger partial charge >= 0.3 is 6.09 Å². The number of nitrogens with zero attached hydrogens (tertiary/aromatic N) is 1. The second-order valence-corrected chi connectivity index (χ2v) is 10.5. The standard InChI is InChI=1S/C29H38N4O7/c1-19(2)14-25(27(35)30-23(17-34)16-21-10-12-24(13-11-21)33(38)39)31-28(36)26(15-20(3)4)32-29(37)40-18-22-8-6-5-7-9-22/h5-13,17,19-20,23,25-26H,14-16,18H2,1-4H3,(H,30,35)(H,31,36)(H,32,37)/t23-,25?,26-/m0/s1. The van der Waals surface area contributed by atoms with E-state index in [2.05, 4.69) is 16.0 Å². The molecule has 0 saturated heterocycles. The number of alkyl carbamates (subject to hydrolysis) is 1. The molecule has 1 unspecified atom stereocenters. The van der Waals surface area contributed by atoms with Crippen LogP contribution in [-0.2, 0) is 32.1 Å². The van der Waals surface area contributed by atoms with Gasteiger partial charge in [0, 0.05) is 12.1 Å². The van der Waals surface area contributed by atoms with E-state index in [9.17, 15) is 29.3 Å². The van der Waals surface area contributed by atoms with Crippen LogP contribution in [0.2, 0.25) is 0 Å². The van der Waals surface area contributed by atoms with Crippen LogP contribution in [0.5, 0.6) is 0 Å². The number of hydrogen-bond acceptors (Lipinski definition) is 7. The van der Waals surface area contributed by atoms with E-state index in [0.717, 1.165) is 5.56 Å². The first-order chi connectivity index (χ1) is 19.0. The predicted octanol–water partition coefficient (Wildman–Crippen LogP) is 3.69. The molecule has 0 aliphatic carbocycles. The number of amides is 3. The van der Waals surface area contributed by atoms with E-state index < -0.39 is 41.0 Å². The molecule has 40 heavy (non-hydrogen) atoms. The van der Waals surface area contributed by atoms with Crippen molar-refractivity contribution in [2.45, 2.75) is 71.7 Å². The lowest BCUT2D eigenvalue weighted by molar-refractivity contribution is -0.384. The van der Waals surface area contributed by atoms with Gasteiger partial charge in [0.05, 0.1) is 11.0 Å². The van der Waals surface area contributed by atoms with E-state index in [1.165, 1.54) is 24.3 Å². The molecule has 0 aliphatic rings. The van der Waals surface area contributed by atoms with Crippen LogP contribution in [0.4, 0.5) is 10.5 Å². The molecule has 0 aliphatic heterocycles. The van der Waals surface area contributed by atoms with Crippen molar-refractivity contribution < 1.29 is 28.8 Å². The van der Waals surface area contributed by atoms with Gasteiger partial charge in [0.1, 0.15) is 25.0 Å². The van der Waals surface area contributed by atoms with Crippen molar-refractivity contribution >= 4 is 29.9 Å². The lowest BCUT2D eigenvalue weighted by atomic mass is 9.99. The molecule has 3 amide bonds.